The van der Waals surface area contributed by atoms with Gasteiger partial charge in [-0.2, -0.15) is 5.10 Å². The molecule has 6 rings (SSSR count). The lowest BCUT2D eigenvalue weighted by Crippen LogP contribution is -2.14. The molecule has 42 heavy (non-hydrogen) atoms. The topological polar surface area (TPSA) is 95.6 Å². The van der Waals surface area contributed by atoms with Crippen molar-refractivity contribution in [1.82, 2.24) is 14.3 Å². The highest BCUT2D eigenvalue weighted by Gasteiger charge is 2.32. The molecule has 1 aliphatic heterocycles. The smallest absolute Gasteiger partial charge is 0.341 e. The van der Waals surface area contributed by atoms with Crippen molar-refractivity contribution in [3.63, 3.8) is 0 Å². The lowest BCUT2D eigenvalue weighted by Gasteiger charge is -2.24. The number of benzene rings is 2. The molecule has 0 atom stereocenters. The Morgan fingerprint density at radius 1 is 1.07 bits per heavy atom. The SMILES string of the molecule is CCOC(=O)c1cnn(C(C)C)c1C1=Cc2cc(OC)ccc2-c2c(C3CCCCC3)c3ccc(C(=O)O)cc3n2C1. The standard InChI is InChI=1S/C34H37N3O5/c1-5-42-34(40)28-18-35-37(20(2)3)31(28)24-15-23-16-25(41-4)12-14-26(23)32-30(21-9-7-6-8-10-21)27-13-11-22(33(38)39)17-29(27)36(32)19-24/h11-18,20-21H,5-10,19H2,1-4H3,(H,38,39). The van der Waals surface area contributed by atoms with Gasteiger partial charge in [0, 0.05) is 22.5 Å². The first kappa shape index (κ1) is 27.8. The van der Waals surface area contributed by atoms with Gasteiger partial charge in [-0.05, 0) is 92.6 Å². The maximum absolute atomic E-state index is 13.2. The van der Waals surface area contributed by atoms with Gasteiger partial charge in [0.15, 0.2) is 0 Å². The first-order valence-corrected chi connectivity index (χ1v) is 14.9. The first-order chi connectivity index (χ1) is 20.3. The molecule has 8 nitrogen and oxygen atoms in total. The molecule has 1 saturated carbocycles. The van der Waals surface area contributed by atoms with E-state index in [4.69, 9.17) is 9.47 Å². The van der Waals surface area contributed by atoms with E-state index in [1.54, 1.807) is 32.4 Å². The van der Waals surface area contributed by atoms with E-state index in [9.17, 15) is 14.7 Å². The molecule has 2 aliphatic rings. The van der Waals surface area contributed by atoms with Crippen molar-refractivity contribution < 1.29 is 24.2 Å². The second-order valence-corrected chi connectivity index (χ2v) is 11.5. The zero-order chi connectivity index (χ0) is 29.5. The molecule has 2 aromatic heterocycles. The number of hydrogen-bond acceptors (Lipinski definition) is 5. The second-order valence-electron chi connectivity index (χ2n) is 11.5. The Hall–Kier alpha value is -4.33. The van der Waals surface area contributed by atoms with Gasteiger partial charge in [0.2, 0.25) is 0 Å². The van der Waals surface area contributed by atoms with Crippen LogP contribution in [0.4, 0.5) is 0 Å². The van der Waals surface area contributed by atoms with Gasteiger partial charge in [0.05, 0.1) is 43.4 Å². The molecule has 0 amide bonds. The maximum Gasteiger partial charge on any atom is 0.341 e. The van der Waals surface area contributed by atoms with Crippen molar-refractivity contribution in [2.45, 2.75) is 71.4 Å². The number of aromatic nitrogens is 3. The number of ether oxygens (including phenoxy) is 2. The van der Waals surface area contributed by atoms with Crippen molar-refractivity contribution in [3.8, 4) is 17.0 Å². The van der Waals surface area contributed by atoms with Crippen LogP contribution >= 0.6 is 0 Å². The van der Waals surface area contributed by atoms with Crippen LogP contribution in [0.3, 0.4) is 0 Å². The number of allylic oxidation sites excluding steroid dienone is 1. The van der Waals surface area contributed by atoms with E-state index in [-0.39, 0.29) is 18.2 Å². The lowest BCUT2D eigenvalue weighted by molar-refractivity contribution is 0.0525. The van der Waals surface area contributed by atoms with Crippen LogP contribution in [0.15, 0.2) is 42.6 Å². The van der Waals surface area contributed by atoms with E-state index in [2.05, 4.69) is 21.8 Å². The number of carboxylic acids is 1. The summed E-state index contributed by atoms with van der Waals surface area (Å²) in [5.74, 6) is -0.252. The van der Waals surface area contributed by atoms with E-state index in [0.717, 1.165) is 51.9 Å². The summed E-state index contributed by atoms with van der Waals surface area (Å²) in [7, 11) is 1.66. The number of rotatable bonds is 7. The van der Waals surface area contributed by atoms with Crippen LogP contribution in [0.25, 0.3) is 33.8 Å². The number of carbonyl (C=O) groups is 2. The highest BCUT2D eigenvalue weighted by Crippen LogP contribution is 2.48. The van der Waals surface area contributed by atoms with Crippen LogP contribution in [0.5, 0.6) is 5.75 Å². The number of esters is 1. The minimum Gasteiger partial charge on any atom is -0.497 e. The quantitative estimate of drug-likeness (QED) is 0.231. The molecule has 218 valence electrons. The molecule has 1 N–H and O–H groups in total. The van der Waals surface area contributed by atoms with E-state index in [1.165, 1.54) is 24.8 Å². The van der Waals surface area contributed by atoms with Gasteiger partial charge in [0.1, 0.15) is 11.3 Å². The van der Waals surface area contributed by atoms with Gasteiger partial charge in [-0.15, -0.1) is 0 Å². The molecular formula is C34H37N3O5. The number of carboxylic acid groups (broad SMARTS) is 1. The predicted molar refractivity (Wildman–Crippen MR) is 163 cm³/mol. The fraction of sp³-hybridized carbons (Fsp3) is 0.382. The predicted octanol–water partition coefficient (Wildman–Crippen LogP) is 7.57. The molecule has 2 aromatic carbocycles. The first-order valence-electron chi connectivity index (χ1n) is 14.9. The Balaban J connectivity index is 1.68. The van der Waals surface area contributed by atoms with E-state index < -0.39 is 11.9 Å². The van der Waals surface area contributed by atoms with Crippen LogP contribution in [0.2, 0.25) is 0 Å². The van der Waals surface area contributed by atoms with Crippen LogP contribution in [-0.4, -0.2) is 45.1 Å². The zero-order valence-electron chi connectivity index (χ0n) is 24.6. The Morgan fingerprint density at radius 3 is 2.55 bits per heavy atom. The number of carbonyl (C=O) groups excluding carboxylic acids is 1. The molecule has 0 spiro atoms. The van der Waals surface area contributed by atoms with Gasteiger partial charge < -0.3 is 19.1 Å². The summed E-state index contributed by atoms with van der Waals surface area (Å²) in [5, 5.41) is 15.6. The van der Waals surface area contributed by atoms with Crippen molar-refractivity contribution in [2.24, 2.45) is 0 Å². The summed E-state index contributed by atoms with van der Waals surface area (Å²) in [4.78, 5) is 25.3. The van der Waals surface area contributed by atoms with Crippen molar-refractivity contribution >= 4 is 34.5 Å². The van der Waals surface area contributed by atoms with Gasteiger partial charge >= 0.3 is 11.9 Å². The van der Waals surface area contributed by atoms with Crippen molar-refractivity contribution in [3.05, 3.63) is 70.5 Å². The Kier molecular flexibility index (Phi) is 7.39. The molecule has 0 saturated heterocycles. The third kappa shape index (κ3) is 4.68. The Bertz CT molecular complexity index is 1720. The zero-order valence-corrected chi connectivity index (χ0v) is 24.6. The molecule has 0 bridgehead atoms. The largest absolute Gasteiger partial charge is 0.497 e. The van der Waals surface area contributed by atoms with Crippen molar-refractivity contribution in [2.75, 3.05) is 13.7 Å². The summed E-state index contributed by atoms with van der Waals surface area (Å²) in [5.41, 5.74) is 7.59. The number of methoxy groups -OCH3 is 1. The molecule has 0 unspecified atom stereocenters. The normalized spacial score (nSPS) is 15.2. The molecule has 1 aliphatic carbocycles. The Morgan fingerprint density at radius 2 is 1.86 bits per heavy atom. The summed E-state index contributed by atoms with van der Waals surface area (Å²) in [6, 6.07) is 11.6. The van der Waals surface area contributed by atoms with Crippen LogP contribution in [0, 0.1) is 0 Å². The fourth-order valence-electron chi connectivity index (χ4n) is 6.75. The highest BCUT2D eigenvalue weighted by molar-refractivity contribution is 6.03. The molecule has 8 heteroatoms. The minimum atomic E-state index is -0.955. The number of fused-ring (bicyclic) bond motifs is 5. The third-order valence-corrected chi connectivity index (χ3v) is 8.62. The highest BCUT2D eigenvalue weighted by atomic mass is 16.5. The molecule has 1 fully saturated rings. The number of hydrogen-bond donors (Lipinski definition) is 1. The molecule has 4 aromatic rings. The van der Waals surface area contributed by atoms with E-state index >= 15 is 0 Å². The summed E-state index contributed by atoms with van der Waals surface area (Å²) >= 11 is 0. The average Bonchev–Trinajstić information content (AvgIpc) is 3.52. The molecular weight excluding hydrogens is 530 g/mol. The van der Waals surface area contributed by atoms with Gasteiger partial charge in [-0.25, -0.2) is 9.59 Å². The Labute approximate surface area is 245 Å². The average molecular weight is 568 g/mol. The summed E-state index contributed by atoms with van der Waals surface area (Å²) in [6.45, 7) is 6.57. The second kappa shape index (κ2) is 11.2. The molecule has 3 heterocycles. The molecule has 0 radical (unpaired) electrons. The van der Waals surface area contributed by atoms with E-state index in [1.807, 2.05) is 36.7 Å². The van der Waals surface area contributed by atoms with Gasteiger partial charge in [-0.3, -0.25) is 4.68 Å². The fourth-order valence-corrected chi connectivity index (χ4v) is 6.75. The van der Waals surface area contributed by atoms with Crippen LogP contribution in [0.1, 0.15) is 102 Å². The number of nitrogens with zero attached hydrogens (tertiary/aromatic N) is 3. The van der Waals surface area contributed by atoms with Crippen LogP contribution in [-0.2, 0) is 11.3 Å². The monoisotopic (exact) mass is 567 g/mol. The lowest BCUT2D eigenvalue weighted by atomic mass is 9.81. The summed E-state index contributed by atoms with van der Waals surface area (Å²) in [6.07, 6.45) is 9.52. The van der Waals surface area contributed by atoms with Gasteiger partial charge in [0.25, 0.3) is 0 Å². The van der Waals surface area contributed by atoms with Gasteiger partial charge in [-0.1, -0.05) is 25.3 Å². The van der Waals surface area contributed by atoms with Crippen LogP contribution < -0.4 is 4.74 Å². The third-order valence-electron chi connectivity index (χ3n) is 8.62. The maximum atomic E-state index is 13.2. The minimum absolute atomic E-state index is 0.00519. The number of aromatic carboxylic acids is 1. The van der Waals surface area contributed by atoms with Crippen molar-refractivity contribution in [1.29, 1.82) is 0 Å². The summed E-state index contributed by atoms with van der Waals surface area (Å²) < 4.78 is 15.2. The van der Waals surface area contributed by atoms with E-state index in [0.29, 0.717) is 23.7 Å².